The highest BCUT2D eigenvalue weighted by Crippen LogP contribution is 2.11. The first-order chi connectivity index (χ1) is 10.3. The van der Waals surface area contributed by atoms with Crippen LogP contribution < -0.4 is 5.32 Å². The van der Waals surface area contributed by atoms with Gasteiger partial charge in [-0.15, -0.1) is 0 Å². The fraction of sp³-hybridized carbons (Fsp3) is 0.529. The van der Waals surface area contributed by atoms with E-state index in [2.05, 4.69) is 10.1 Å². The molecule has 0 aliphatic heterocycles. The fourth-order valence-electron chi connectivity index (χ4n) is 1.99. The summed E-state index contributed by atoms with van der Waals surface area (Å²) in [6.45, 7) is 5.44. The molecule has 5 nitrogen and oxygen atoms in total. The number of hydrogen-bond acceptors (Lipinski definition) is 4. The van der Waals surface area contributed by atoms with Crippen molar-refractivity contribution in [1.29, 1.82) is 0 Å². The normalized spacial score (nSPS) is 12.4. The van der Waals surface area contributed by atoms with Crippen LogP contribution in [0.1, 0.15) is 39.2 Å². The molecular weight excluding hydrogens is 282 g/mol. The molecule has 5 heteroatoms. The van der Waals surface area contributed by atoms with E-state index in [4.69, 9.17) is 4.74 Å². The monoisotopic (exact) mass is 307 g/mol. The summed E-state index contributed by atoms with van der Waals surface area (Å²) in [5.74, 6) is -0.288. The van der Waals surface area contributed by atoms with E-state index in [1.54, 1.807) is 0 Å². The van der Waals surface area contributed by atoms with Crippen molar-refractivity contribution < 1.29 is 19.1 Å². The third kappa shape index (κ3) is 7.67. The van der Waals surface area contributed by atoms with Gasteiger partial charge in [0.05, 0.1) is 7.11 Å². The largest absolute Gasteiger partial charge is 0.469 e. The van der Waals surface area contributed by atoms with Gasteiger partial charge in [-0.2, -0.15) is 0 Å². The Hall–Kier alpha value is -2.04. The molecule has 0 aliphatic carbocycles. The molecule has 0 saturated carbocycles. The first-order valence-electron chi connectivity index (χ1n) is 7.40. The lowest BCUT2D eigenvalue weighted by molar-refractivity contribution is -0.140. The summed E-state index contributed by atoms with van der Waals surface area (Å²) in [7, 11) is 1.36. The van der Waals surface area contributed by atoms with Gasteiger partial charge in [-0.3, -0.25) is 4.79 Å². The molecule has 122 valence electrons. The number of methoxy groups -OCH3 is 1. The lowest BCUT2D eigenvalue weighted by Crippen LogP contribution is -2.40. The van der Waals surface area contributed by atoms with Crippen LogP contribution in [0.15, 0.2) is 30.3 Å². The van der Waals surface area contributed by atoms with E-state index in [9.17, 15) is 9.59 Å². The molecule has 0 aliphatic rings. The van der Waals surface area contributed by atoms with Crippen LogP contribution in [0.25, 0.3) is 0 Å². The molecule has 1 aromatic carbocycles. The average Bonchev–Trinajstić information content (AvgIpc) is 2.43. The first-order valence-corrected chi connectivity index (χ1v) is 7.40. The number of nitrogens with one attached hydrogen (secondary N) is 1. The molecule has 1 rings (SSSR count). The second-order valence-corrected chi connectivity index (χ2v) is 6.15. The summed E-state index contributed by atoms with van der Waals surface area (Å²) in [4.78, 5) is 23.2. The van der Waals surface area contributed by atoms with Crippen molar-refractivity contribution in [1.82, 2.24) is 5.32 Å². The van der Waals surface area contributed by atoms with Gasteiger partial charge in [-0.1, -0.05) is 30.3 Å². The highest BCUT2D eigenvalue weighted by molar-refractivity contribution is 5.70. The molecule has 0 fully saturated rings. The Labute approximate surface area is 132 Å². The minimum Gasteiger partial charge on any atom is -0.469 e. The Kier molecular flexibility index (Phi) is 6.89. The van der Waals surface area contributed by atoms with Crippen LogP contribution in [0.2, 0.25) is 0 Å². The number of hydrogen-bond donors (Lipinski definition) is 1. The molecule has 0 unspecified atom stereocenters. The summed E-state index contributed by atoms with van der Waals surface area (Å²) in [6, 6.07) is 9.62. The third-order valence-electron chi connectivity index (χ3n) is 2.97. The quantitative estimate of drug-likeness (QED) is 0.820. The molecule has 0 radical (unpaired) electrons. The molecule has 0 bridgehead atoms. The Morgan fingerprint density at radius 1 is 1.18 bits per heavy atom. The Morgan fingerprint density at radius 3 is 2.36 bits per heavy atom. The van der Waals surface area contributed by atoms with E-state index in [-0.39, 0.29) is 18.4 Å². The maximum Gasteiger partial charge on any atom is 0.407 e. The molecular formula is C17H25NO4. The lowest BCUT2D eigenvalue weighted by atomic mass is 10.0. The van der Waals surface area contributed by atoms with Crippen LogP contribution in [-0.2, 0) is 20.7 Å². The second-order valence-electron chi connectivity index (χ2n) is 6.15. The molecule has 0 aromatic heterocycles. The van der Waals surface area contributed by atoms with Gasteiger partial charge in [0.1, 0.15) is 5.60 Å². The molecule has 22 heavy (non-hydrogen) atoms. The van der Waals surface area contributed by atoms with Crippen molar-refractivity contribution in [3.63, 3.8) is 0 Å². The molecule has 1 amide bonds. The minimum atomic E-state index is -0.552. The van der Waals surface area contributed by atoms with Crippen molar-refractivity contribution in [3.05, 3.63) is 35.9 Å². The van der Waals surface area contributed by atoms with Crippen molar-refractivity contribution in [2.24, 2.45) is 0 Å². The maximum absolute atomic E-state index is 11.9. The zero-order valence-corrected chi connectivity index (χ0v) is 13.7. The minimum absolute atomic E-state index is 0.184. The molecule has 1 N–H and O–H groups in total. The van der Waals surface area contributed by atoms with Crippen LogP contribution in [-0.4, -0.2) is 30.8 Å². The maximum atomic E-state index is 11.9. The standard InChI is InChI=1S/C17H25NO4/c1-17(2,3)22-16(20)18-14(10-11-15(19)21-4)12-13-8-6-5-7-9-13/h5-9,14H,10-12H2,1-4H3,(H,18,20)/t14-/m0/s1. The van der Waals surface area contributed by atoms with Gasteiger partial charge in [-0.25, -0.2) is 4.79 Å². The van der Waals surface area contributed by atoms with Crippen molar-refractivity contribution in [2.45, 2.75) is 51.7 Å². The van der Waals surface area contributed by atoms with Gasteiger partial charge in [0.15, 0.2) is 0 Å². The van der Waals surface area contributed by atoms with Crippen molar-refractivity contribution >= 4 is 12.1 Å². The lowest BCUT2D eigenvalue weighted by Gasteiger charge is -2.23. The van der Waals surface area contributed by atoms with E-state index < -0.39 is 11.7 Å². The van der Waals surface area contributed by atoms with E-state index in [1.165, 1.54) is 7.11 Å². The van der Waals surface area contributed by atoms with Gasteiger partial charge in [0.2, 0.25) is 0 Å². The van der Waals surface area contributed by atoms with E-state index in [0.29, 0.717) is 12.8 Å². The van der Waals surface area contributed by atoms with Crippen LogP contribution in [0.5, 0.6) is 0 Å². The summed E-state index contributed by atoms with van der Waals surface area (Å²) >= 11 is 0. The van der Waals surface area contributed by atoms with Crippen LogP contribution in [0, 0.1) is 0 Å². The smallest absolute Gasteiger partial charge is 0.407 e. The topological polar surface area (TPSA) is 64.6 Å². The van der Waals surface area contributed by atoms with E-state index in [1.807, 2.05) is 51.1 Å². The van der Waals surface area contributed by atoms with Gasteiger partial charge in [0, 0.05) is 12.5 Å². The first kappa shape index (κ1) is 18.0. The van der Waals surface area contributed by atoms with E-state index in [0.717, 1.165) is 5.56 Å². The zero-order valence-electron chi connectivity index (χ0n) is 13.7. The highest BCUT2D eigenvalue weighted by Gasteiger charge is 2.20. The number of ether oxygens (including phenoxy) is 2. The molecule has 1 aromatic rings. The highest BCUT2D eigenvalue weighted by atomic mass is 16.6. The zero-order chi connectivity index (χ0) is 16.6. The number of amides is 1. The summed E-state index contributed by atoms with van der Waals surface area (Å²) in [6.07, 6.45) is 0.917. The molecule has 0 heterocycles. The Morgan fingerprint density at radius 2 is 1.82 bits per heavy atom. The van der Waals surface area contributed by atoms with Crippen LogP contribution in [0.3, 0.4) is 0 Å². The number of carbonyl (C=O) groups excluding carboxylic acids is 2. The second kappa shape index (κ2) is 8.41. The average molecular weight is 307 g/mol. The fourth-order valence-corrected chi connectivity index (χ4v) is 1.99. The van der Waals surface area contributed by atoms with Gasteiger partial charge >= 0.3 is 12.1 Å². The van der Waals surface area contributed by atoms with Crippen LogP contribution >= 0.6 is 0 Å². The number of esters is 1. The van der Waals surface area contributed by atoms with Crippen molar-refractivity contribution in [2.75, 3.05) is 7.11 Å². The van der Waals surface area contributed by atoms with Gasteiger partial charge < -0.3 is 14.8 Å². The molecule has 1 atom stereocenters. The summed E-state index contributed by atoms with van der Waals surface area (Å²) < 4.78 is 9.93. The Balaban J connectivity index is 2.65. The molecule has 0 spiro atoms. The molecule has 0 saturated heterocycles. The third-order valence-corrected chi connectivity index (χ3v) is 2.97. The summed E-state index contributed by atoms with van der Waals surface area (Å²) in [5.41, 5.74) is 0.539. The Bertz CT molecular complexity index is 479. The van der Waals surface area contributed by atoms with E-state index >= 15 is 0 Å². The number of rotatable bonds is 6. The summed E-state index contributed by atoms with van der Waals surface area (Å²) in [5, 5.41) is 2.83. The predicted molar refractivity (Wildman–Crippen MR) is 84.6 cm³/mol. The van der Waals surface area contributed by atoms with Crippen LogP contribution in [0.4, 0.5) is 4.79 Å². The predicted octanol–water partition coefficient (Wildman–Crippen LogP) is 3.08. The SMILES string of the molecule is COC(=O)CC[C@@H](Cc1ccccc1)NC(=O)OC(C)(C)C. The number of alkyl carbamates (subject to hydrolysis) is 1. The van der Waals surface area contributed by atoms with Crippen molar-refractivity contribution in [3.8, 4) is 0 Å². The number of benzene rings is 1. The van der Waals surface area contributed by atoms with Gasteiger partial charge in [0.25, 0.3) is 0 Å². The van der Waals surface area contributed by atoms with Gasteiger partial charge in [-0.05, 0) is 39.2 Å². The number of carbonyl (C=O) groups is 2.